The third-order valence-electron chi connectivity index (χ3n) is 3.78. The zero-order valence-corrected chi connectivity index (χ0v) is 16.0. The minimum Gasteiger partial charge on any atom is -0.497 e. The Balaban J connectivity index is 1.73. The van der Waals surface area contributed by atoms with Crippen LogP contribution in [0, 0.1) is 0 Å². The lowest BCUT2D eigenvalue weighted by atomic mass is 10.1. The van der Waals surface area contributed by atoms with Gasteiger partial charge in [-0.2, -0.15) is 5.10 Å². The fraction of sp³-hybridized carbons (Fsp3) is 0.211. The number of hydrogen-bond donors (Lipinski definition) is 0. The Labute approximate surface area is 161 Å². The van der Waals surface area contributed by atoms with Crippen molar-refractivity contribution in [3.8, 4) is 5.75 Å². The van der Waals surface area contributed by atoms with Gasteiger partial charge in [-0.1, -0.05) is 36.0 Å². The summed E-state index contributed by atoms with van der Waals surface area (Å²) in [5.74, 6) is 0.841. The molecule has 1 aromatic carbocycles. The predicted molar refractivity (Wildman–Crippen MR) is 109 cm³/mol. The Kier molecular flexibility index (Phi) is 6.25. The first-order chi connectivity index (χ1) is 12.7. The molecule has 1 atom stereocenters. The van der Waals surface area contributed by atoms with E-state index in [-0.39, 0.29) is 11.2 Å². The Morgan fingerprint density at radius 1 is 1.31 bits per heavy atom. The van der Waals surface area contributed by atoms with E-state index in [1.165, 1.54) is 11.8 Å². The van der Waals surface area contributed by atoms with E-state index in [1.54, 1.807) is 35.6 Å². The summed E-state index contributed by atoms with van der Waals surface area (Å²) in [4.78, 5) is 15.4. The van der Waals surface area contributed by atoms with Crippen LogP contribution in [-0.2, 0) is 11.2 Å². The van der Waals surface area contributed by atoms with Crippen molar-refractivity contribution in [2.45, 2.75) is 11.7 Å². The quantitative estimate of drug-likeness (QED) is 0.414. The molecule has 1 amide bonds. The van der Waals surface area contributed by atoms with E-state index in [0.29, 0.717) is 18.1 Å². The summed E-state index contributed by atoms with van der Waals surface area (Å²) in [5, 5.41) is 10.8. The fourth-order valence-electron chi connectivity index (χ4n) is 2.49. The molecule has 0 N–H and O–H groups in total. The highest BCUT2D eigenvalue weighted by Gasteiger charge is 2.37. The molecule has 0 saturated carbocycles. The Hall–Kier alpha value is -2.38. The lowest BCUT2D eigenvalue weighted by Gasteiger charge is -2.12. The molecule has 0 radical (unpaired) electrons. The number of carbonyl (C=O) groups excluding carboxylic acids is 1. The second kappa shape index (κ2) is 8.82. The minimum atomic E-state index is -0.209. The molecule has 0 unspecified atom stereocenters. The van der Waals surface area contributed by atoms with Gasteiger partial charge in [0.25, 0.3) is 0 Å². The molecule has 26 heavy (non-hydrogen) atoms. The van der Waals surface area contributed by atoms with E-state index in [1.807, 2.05) is 41.8 Å². The first-order valence-corrected chi connectivity index (χ1v) is 9.83. The summed E-state index contributed by atoms with van der Waals surface area (Å²) in [6.07, 6.45) is 4.03. The van der Waals surface area contributed by atoms with Crippen LogP contribution in [0.1, 0.15) is 10.4 Å². The second-order valence-electron chi connectivity index (χ2n) is 5.54. The first-order valence-electron chi connectivity index (χ1n) is 8.07. The molecule has 7 heteroatoms. The lowest BCUT2D eigenvalue weighted by molar-refractivity contribution is -0.125. The number of rotatable bonds is 7. The summed E-state index contributed by atoms with van der Waals surface area (Å²) in [7, 11) is 1.64. The standard InChI is InChI=1S/C19H19N3O2S2/c1-3-10-22-18(23)17(12-14-6-8-15(24-2)9-7-14)26-19(22)21-20-13-16-5-4-11-25-16/h3-9,11,13,17H,1,10,12H2,2H3/b20-13-,21-19-/t17-/m0/s1. The number of hydrogen-bond acceptors (Lipinski definition) is 6. The minimum absolute atomic E-state index is 0.0378. The second-order valence-corrected chi connectivity index (χ2v) is 7.69. The van der Waals surface area contributed by atoms with Gasteiger partial charge in [-0.3, -0.25) is 9.69 Å². The number of ether oxygens (including phenoxy) is 1. The van der Waals surface area contributed by atoms with Crippen molar-refractivity contribution in [1.29, 1.82) is 0 Å². The third kappa shape index (κ3) is 4.42. The summed E-state index contributed by atoms with van der Waals surface area (Å²) in [6, 6.07) is 11.7. The van der Waals surface area contributed by atoms with Crippen LogP contribution in [0.5, 0.6) is 5.75 Å². The van der Waals surface area contributed by atoms with Gasteiger partial charge in [0.15, 0.2) is 5.17 Å². The molecule has 0 aliphatic carbocycles. The molecule has 2 aromatic rings. The number of thioether (sulfide) groups is 1. The normalized spacial score (nSPS) is 18.8. The molecule has 134 valence electrons. The van der Waals surface area contributed by atoms with Crippen molar-refractivity contribution in [2.24, 2.45) is 10.2 Å². The molecule has 1 fully saturated rings. The van der Waals surface area contributed by atoms with Crippen LogP contribution in [0.2, 0.25) is 0 Å². The van der Waals surface area contributed by atoms with Gasteiger partial charge in [0.05, 0.1) is 18.6 Å². The van der Waals surface area contributed by atoms with Gasteiger partial charge in [0, 0.05) is 11.4 Å². The van der Waals surface area contributed by atoms with Gasteiger partial charge in [0.2, 0.25) is 5.91 Å². The van der Waals surface area contributed by atoms with Gasteiger partial charge < -0.3 is 4.74 Å². The zero-order valence-electron chi connectivity index (χ0n) is 14.4. The van der Waals surface area contributed by atoms with Crippen molar-refractivity contribution in [3.63, 3.8) is 0 Å². The maximum Gasteiger partial charge on any atom is 0.242 e. The van der Waals surface area contributed by atoms with Crippen molar-refractivity contribution in [3.05, 3.63) is 64.9 Å². The summed E-state index contributed by atoms with van der Waals surface area (Å²) in [6.45, 7) is 4.16. The van der Waals surface area contributed by atoms with Gasteiger partial charge in [-0.05, 0) is 35.6 Å². The van der Waals surface area contributed by atoms with Crippen molar-refractivity contribution >= 4 is 40.4 Å². The van der Waals surface area contributed by atoms with E-state index < -0.39 is 0 Å². The van der Waals surface area contributed by atoms with Crippen LogP contribution in [-0.4, -0.2) is 41.1 Å². The largest absolute Gasteiger partial charge is 0.497 e. The van der Waals surface area contributed by atoms with Crippen LogP contribution >= 0.6 is 23.1 Å². The highest BCUT2D eigenvalue weighted by Crippen LogP contribution is 2.30. The summed E-state index contributed by atoms with van der Waals surface area (Å²) >= 11 is 3.04. The molecule has 1 saturated heterocycles. The number of methoxy groups -OCH3 is 1. The average Bonchev–Trinajstić information content (AvgIpc) is 3.27. The third-order valence-corrected chi connectivity index (χ3v) is 5.76. The molecule has 3 rings (SSSR count). The average molecular weight is 386 g/mol. The summed E-state index contributed by atoms with van der Waals surface area (Å²) in [5.41, 5.74) is 1.08. The fourth-order valence-corrected chi connectivity index (χ4v) is 4.21. The van der Waals surface area contributed by atoms with Crippen LogP contribution < -0.4 is 4.74 Å². The van der Waals surface area contributed by atoms with Crippen molar-refractivity contribution < 1.29 is 9.53 Å². The first kappa shape index (κ1) is 18.4. The van der Waals surface area contributed by atoms with E-state index in [4.69, 9.17) is 4.74 Å². The topological polar surface area (TPSA) is 54.3 Å². The van der Waals surface area contributed by atoms with Crippen LogP contribution in [0.3, 0.4) is 0 Å². The number of carbonyl (C=O) groups is 1. The molecular weight excluding hydrogens is 366 g/mol. The van der Waals surface area contributed by atoms with E-state index in [0.717, 1.165) is 16.2 Å². The smallest absolute Gasteiger partial charge is 0.242 e. The van der Waals surface area contributed by atoms with Gasteiger partial charge >= 0.3 is 0 Å². The van der Waals surface area contributed by atoms with E-state index in [9.17, 15) is 4.79 Å². The maximum absolute atomic E-state index is 12.7. The van der Waals surface area contributed by atoms with Crippen LogP contribution in [0.15, 0.2) is 64.6 Å². The molecule has 1 aromatic heterocycles. The Bertz CT molecular complexity index is 814. The highest BCUT2D eigenvalue weighted by molar-refractivity contribution is 8.15. The van der Waals surface area contributed by atoms with Crippen molar-refractivity contribution in [1.82, 2.24) is 4.90 Å². The molecule has 5 nitrogen and oxygen atoms in total. The number of amides is 1. The van der Waals surface area contributed by atoms with Crippen LogP contribution in [0.4, 0.5) is 0 Å². The van der Waals surface area contributed by atoms with Gasteiger partial charge in [-0.25, -0.2) is 0 Å². The number of amidine groups is 1. The molecule has 0 bridgehead atoms. The van der Waals surface area contributed by atoms with Crippen molar-refractivity contribution in [2.75, 3.05) is 13.7 Å². The summed E-state index contributed by atoms with van der Waals surface area (Å²) < 4.78 is 5.18. The van der Waals surface area contributed by atoms with Gasteiger partial charge in [-0.15, -0.1) is 23.0 Å². The Morgan fingerprint density at radius 3 is 2.77 bits per heavy atom. The van der Waals surface area contributed by atoms with E-state index in [2.05, 4.69) is 16.8 Å². The number of nitrogens with zero attached hydrogens (tertiary/aromatic N) is 3. The molecule has 2 heterocycles. The number of benzene rings is 1. The monoisotopic (exact) mass is 385 g/mol. The lowest BCUT2D eigenvalue weighted by Crippen LogP contribution is -2.32. The Morgan fingerprint density at radius 2 is 2.12 bits per heavy atom. The van der Waals surface area contributed by atoms with Crippen LogP contribution in [0.25, 0.3) is 0 Å². The van der Waals surface area contributed by atoms with Gasteiger partial charge in [0.1, 0.15) is 5.75 Å². The zero-order chi connectivity index (χ0) is 18.4. The molecule has 1 aliphatic heterocycles. The SMILES string of the molecule is C=CCN1C(=O)[C@H](Cc2ccc(OC)cc2)S/C1=N\N=C/c1cccs1. The molecule has 1 aliphatic rings. The highest BCUT2D eigenvalue weighted by atomic mass is 32.2. The molecule has 0 spiro atoms. The maximum atomic E-state index is 12.7. The predicted octanol–water partition coefficient (Wildman–Crippen LogP) is 3.82. The molecular formula is C19H19N3O2S2. The van der Waals surface area contributed by atoms with E-state index >= 15 is 0 Å². The number of thiophene rings is 1.